The lowest BCUT2D eigenvalue weighted by atomic mass is 10.1. The van der Waals surface area contributed by atoms with Crippen molar-refractivity contribution < 1.29 is 19.4 Å². The maximum atomic E-state index is 11.8. The molecule has 1 N–H and O–H groups in total. The molecular weight excluding hydrogens is 320 g/mol. The van der Waals surface area contributed by atoms with E-state index < -0.39 is 0 Å². The van der Waals surface area contributed by atoms with Gasteiger partial charge in [-0.05, 0) is 43.9 Å². The monoisotopic (exact) mass is 344 g/mol. The van der Waals surface area contributed by atoms with E-state index in [1.807, 2.05) is 38.2 Å². The molecule has 0 amide bonds. The maximum absolute atomic E-state index is 11.8. The Morgan fingerprint density at radius 1 is 1.32 bits per heavy atom. The standard InChI is InChI=1S/C19H24N2O4/c1-3-24-19(23)14-6-9-16(10-14)25-15-7-4-13(5-8-15)17-11-20-21(2)18(17)12-22/h4-5,7-8,11,14,16,22H,3,6,9-10,12H2,1-2H3/t14-,16-/m0/s1. The number of nitrogens with zero attached hydrogens (tertiary/aromatic N) is 2. The second-order valence-corrected chi connectivity index (χ2v) is 6.31. The zero-order chi connectivity index (χ0) is 17.8. The molecule has 0 saturated heterocycles. The van der Waals surface area contributed by atoms with Crippen LogP contribution in [0.2, 0.25) is 0 Å². The fourth-order valence-electron chi connectivity index (χ4n) is 3.32. The van der Waals surface area contributed by atoms with Crippen molar-refractivity contribution in [3.05, 3.63) is 36.2 Å². The Kier molecular flexibility index (Phi) is 5.38. The van der Waals surface area contributed by atoms with Crippen LogP contribution in [0, 0.1) is 5.92 Å². The van der Waals surface area contributed by atoms with Crippen LogP contribution < -0.4 is 4.74 Å². The van der Waals surface area contributed by atoms with Crippen molar-refractivity contribution in [2.24, 2.45) is 13.0 Å². The van der Waals surface area contributed by atoms with E-state index in [-0.39, 0.29) is 24.6 Å². The molecule has 1 aliphatic carbocycles. The van der Waals surface area contributed by atoms with Crippen LogP contribution in [0.15, 0.2) is 30.5 Å². The number of esters is 1. The van der Waals surface area contributed by atoms with Gasteiger partial charge in [-0.3, -0.25) is 9.48 Å². The lowest BCUT2D eigenvalue weighted by Crippen LogP contribution is -2.18. The summed E-state index contributed by atoms with van der Waals surface area (Å²) in [7, 11) is 1.81. The van der Waals surface area contributed by atoms with Gasteiger partial charge in [0, 0.05) is 12.6 Å². The zero-order valence-corrected chi connectivity index (χ0v) is 14.6. The molecule has 1 fully saturated rings. The number of ether oxygens (including phenoxy) is 2. The number of rotatable bonds is 6. The third kappa shape index (κ3) is 3.85. The first kappa shape index (κ1) is 17.5. The molecule has 0 bridgehead atoms. The van der Waals surface area contributed by atoms with Crippen LogP contribution in [-0.2, 0) is 23.2 Å². The van der Waals surface area contributed by atoms with E-state index in [1.165, 1.54) is 0 Å². The molecular formula is C19H24N2O4. The van der Waals surface area contributed by atoms with Crippen molar-refractivity contribution in [3.8, 4) is 16.9 Å². The van der Waals surface area contributed by atoms with Gasteiger partial charge < -0.3 is 14.6 Å². The highest BCUT2D eigenvalue weighted by Gasteiger charge is 2.32. The van der Waals surface area contributed by atoms with Gasteiger partial charge in [-0.25, -0.2) is 0 Å². The van der Waals surface area contributed by atoms with Crippen LogP contribution >= 0.6 is 0 Å². The molecule has 134 valence electrons. The predicted molar refractivity (Wildman–Crippen MR) is 93.0 cm³/mol. The number of carbonyl (C=O) groups is 1. The van der Waals surface area contributed by atoms with E-state index in [0.717, 1.165) is 35.4 Å². The Hall–Kier alpha value is -2.34. The summed E-state index contributed by atoms with van der Waals surface area (Å²) in [4.78, 5) is 11.8. The lowest BCUT2D eigenvalue weighted by molar-refractivity contribution is -0.147. The fourth-order valence-corrected chi connectivity index (χ4v) is 3.32. The van der Waals surface area contributed by atoms with Gasteiger partial charge in [-0.15, -0.1) is 0 Å². The highest BCUT2D eigenvalue weighted by molar-refractivity contribution is 5.72. The van der Waals surface area contributed by atoms with Gasteiger partial charge in [0.05, 0.1) is 37.1 Å². The van der Waals surface area contributed by atoms with E-state index in [4.69, 9.17) is 9.47 Å². The van der Waals surface area contributed by atoms with Gasteiger partial charge in [0.2, 0.25) is 0 Å². The number of aliphatic hydroxyl groups excluding tert-OH is 1. The minimum atomic E-state index is -0.114. The highest BCUT2D eigenvalue weighted by atomic mass is 16.5. The molecule has 6 nitrogen and oxygen atoms in total. The van der Waals surface area contributed by atoms with Crippen molar-refractivity contribution in [1.29, 1.82) is 0 Å². The average Bonchev–Trinajstić information content (AvgIpc) is 3.22. The Bertz CT molecular complexity index is 724. The summed E-state index contributed by atoms with van der Waals surface area (Å²) in [5.74, 6) is 0.622. The summed E-state index contributed by atoms with van der Waals surface area (Å²) >= 11 is 0. The first-order valence-corrected chi connectivity index (χ1v) is 8.67. The molecule has 0 unspecified atom stereocenters. The number of hydrogen-bond donors (Lipinski definition) is 1. The summed E-state index contributed by atoms with van der Waals surface area (Å²) in [6.45, 7) is 2.20. The van der Waals surface area contributed by atoms with Crippen molar-refractivity contribution in [1.82, 2.24) is 9.78 Å². The van der Waals surface area contributed by atoms with Crippen molar-refractivity contribution >= 4 is 5.97 Å². The molecule has 1 heterocycles. The Balaban J connectivity index is 1.63. The third-order valence-electron chi connectivity index (χ3n) is 4.68. The normalized spacial score (nSPS) is 19.8. The molecule has 0 spiro atoms. The topological polar surface area (TPSA) is 73.6 Å². The second kappa shape index (κ2) is 7.70. The minimum absolute atomic E-state index is 0.0478. The first-order valence-electron chi connectivity index (χ1n) is 8.67. The van der Waals surface area contributed by atoms with Crippen LogP contribution in [0.25, 0.3) is 11.1 Å². The van der Waals surface area contributed by atoms with E-state index in [2.05, 4.69) is 5.10 Å². The van der Waals surface area contributed by atoms with E-state index in [9.17, 15) is 9.90 Å². The number of hydrogen-bond acceptors (Lipinski definition) is 5. The lowest BCUT2D eigenvalue weighted by Gasteiger charge is -2.14. The van der Waals surface area contributed by atoms with Gasteiger partial charge in [0.25, 0.3) is 0 Å². The molecule has 1 saturated carbocycles. The quantitative estimate of drug-likeness (QED) is 0.816. The van der Waals surface area contributed by atoms with Crippen molar-refractivity contribution in [2.75, 3.05) is 6.61 Å². The molecule has 1 aromatic heterocycles. The first-order chi connectivity index (χ1) is 12.1. The van der Waals surface area contributed by atoms with Crippen LogP contribution in [0.5, 0.6) is 5.75 Å². The fraction of sp³-hybridized carbons (Fsp3) is 0.474. The van der Waals surface area contributed by atoms with Crippen LogP contribution in [0.1, 0.15) is 31.9 Å². The Morgan fingerprint density at radius 2 is 2.08 bits per heavy atom. The molecule has 0 aliphatic heterocycles. The molecule has 2 aromatic rings. The SMILES string of the molecule is CCOC(=O)[C@H]1CC[C@H](Oc2ccc(-c3cnn(C)c3CO)cc2)C1. The smallest absolute Gasteiger partial charge is 0.309 e. The number of carbonyl (C=O) groups excluding carboxylic acids is 1. The van der Waals surface area contributed by atoms with Crippen LogP contribution in [0.3, 0.4) is 0 Å². The molecule has 2 atom stereocenters. The molecule has 3 rings (SSSR count). The second-order valence-electron chi connectivity index (χ2n) is 6.31. The number of aliphatic hydroxyl groups is 1. The number of aromatic nitrogens is 2. The van der Waals surface area contributed by atoms with E-state index in [1.54, 1.807) is 10.9 Å². The van der Waals surface area contributed by atoms with Gasteiger partial charge in [0.15, 0.2) is 0 Å². The summed E-state index contributed by atoms with van der Waals surface area (Å²) in [5.41, 5.74) is 2.68. The largest absolute Gasteiger partial charge is 0.490 e. The Morgan fingerprint density at radius 3 is 2.76 bits per heavy atom. The molecule has 25 heavy (non-hydrogen) atoms. The Labute approximate surface area is 147 Å². The van der Waals surface area contributed by atoms with Gasteiger partial charge in [-0.1, -0.05) is 12.1 Å². The van der Waals surface area contributed by atoms with Gasteiger partial charge in [-0.2, -0.15) is 5.10 Å². The van der Waals surface area contributed by atoms with Gasteiger partial charge in [0.1, 0.15) is 5.75 Å². The highest BCUT2D eigenvalue weighted by Crippen LogP contribution is 2.31. The summed E-state index contributed by atoms with van der Waals surface area (Å²) in [6.07, 6.45) is 4.19. The summed E-state index contributed by atoms with van der Waals surface area (Å²) in [6, 6.07) is 7.76. The van der Waals surface area contributed by atoms with Crippen molar-refractivity contribution in [2.45, 2.75) is 38.9 Å². The van der Waals surface area contributed by atoms with E-state index in [0.29, 0.717) is 13.0 Å². The number of aryl methyl sites for hydroxylation is 1. The minimum Gasteiger partial charge on any atom is -0.490 e. The summed E-state index contributed by atoms with van der Waals surface area (Å²) in [5, 5.41) is 13.7. The molecule has 1 aliphatic rings. The molecule has 1 aromatic carbocycles. The molecule has 6 heteroatoms. The summed E-state index contributed by atoms with van der Waals surface area (Å²) < 4.78 is 12.8. The van der Waals surface area contributed by atoms with Crippen molar-refractivity contribution in [3.63, 3.8) is 0 Å². The van der Waals surface area contributed by atoms with Crippen LogP contribution in [-0.4, -0.2) is 33.6 Å². The maximum Gasteiger partial charge on any atom is 0.309 e. The van der Waals surface area contributed by atoms with E-state index >= 15 is 0 Å². The van der Waals surface area contributed by atoms with Gasteiger partial charge >= 0.3 is 5.97 Å². The predicted octanol–water partition coefficient (Wildman–Crippen LogP) is 2.69. The third-order valence-corrected chi connectivity index (χ3v) is 4.68. The number of benzene rings is 1. The molecule has 0 radical (unpaired) electrons. The average molecular weight is 344 g/mol. The van der Waals surface area contributed by atoms with Crippen LogP contribution in [0.4, 0.5) is 0 Å². The zero-order valence-electron chi connectivity index (χ0n) is 14.6.